The molecule has 0 amide bonds. The summed E-state index contributed by atoms with van der Waals surface area (Å²) in [5, 5.41) is 0. The predicted molar refractivity (Wildman–Crippen MR) is 175 cm³/mol. The molecule has 0 aromatic carbocycles. The molecule has 0 spiro atoms. The summed E-state index contributed by atoms with van der Waals surface area (Å²) < 4.78 is 0. The molecule has 282 valence electrons. The standard InChI is InChI=1S/C24H46O6.C6H10O4.C4H6O4/c1-9-13-15-19(11-3)21(25)27-29-23(5,6)17-18-24(7,8)30-28-22(26)20(12-4)16-14-10-2;1-3-5(7)9-10-6(8)4-2;1-3(5)7-8-4(2)6/h19-20H,9-18H2,1-8H3;3-4H2,1-2H3;1-2H3. The lowest BCUT2D eigenvalue weighted by Crippen LogP contribution is -2.34. The lowest BCUT2D eigenvalue weighted by atomic mass is 9.94. The van der Waals surface area contributed by atoms with Gasteiger partial charge in [0.25, 0.3) is 0 Å². The van der Waals surface area contributed by atoms with E-state index in [0.717, 1.165) is 65.2 Å². The number of unbranched alkanes of at least 4 members (excludes halogenated alkanes) is 2. The van der Waals surface area contributed by atoms with Gasteiger partial charge in [-0.2, -0.15) is 9.78 Å². The first-order valence-electron chi connectivity index (χ1n) is 16.9. The maximum Gasteiger partial charge on any atom is 0.355 e. The molecule has 0 aromatic rings. The molecule has 0 rings (SSSR count). The zero-order chi connectivity index (χ0) is 37.8. The van der Waals surface area contributed by atoms with Gasteiger partial charge in [0.1, 0.15) is 11.2 Å². The Kier molecular flexibility index (Phi) is 29.4. The molecule has 0 radical (unpaired) electrons. The number of rotatable bonds is 19. The molecule has 0 N–H and O–H groups in total. The minimum Gasteiger partial charge on any atom is -0.298 e. The number of hydrogen-bond acceptors (Lipinski definition) is 14. The van der Waals surface area contributed by atoms with Crippen LogP contribution < -0.4 is 0 Å². The van der Waals surface area contributed by atoms with E-state index in [2.05, 4.69) is 33.4 Å². The topological polar surface area (TPSA) is 176 Å². The van der Waals surface area contributed by atoms with E-state index in [-0.39, 0.29) is 36.6 Å². The Morgan fingerprint density at radius 2 is 0.812 bits per heavy atom. The van der Waals surface area contributed by atoms with Crippen LogP contribution in [0.15, 0.2) is 0 Å². The van der Waals surface area contributed by atoms with Crippen molar-refractivity contribution in [3.63, 3.8) is 0 Å². The van der Waals surface area contributed by atoms with Crippen molar-refractivity contribution in [2.24, 2.45) is 11.8 Å². The summed E-state index contributed by atoms with van der Waals surface area (Å²) in [6.07, 6.45) is 8.77. The van der Waals surface area contributed by atoms with Crippen LogP contribution in [0.4, 0.5) is 0 Å². The molecule has 0 aromatic heterocycles. The van der Waals surface area contributed by atoms with Crippen LogP contribution in [0.1, 0.15) is 160 Å². The normalized spacial score (nSPS) is 12.0. The van der Waals surface area contributed by atoms with Gasteiger partial charge in [-0.15, -0.1) is 0 Å². The van der Waals surface area contributed by atoms with Crippen molar-refractivity contribution in [3.05, 3.63) is 0 Å². The SMILES string of the molecule is CC(=O)OOC(C)=O.CCC(=O)OOC(=O)CC.CCCCC(CC)C(=O)OOC(C)(C)CCC(C)(C)OOC(=O)C(CC)CCCC. The first-order chi connectivity index (χ1) is 22.3. The van der Waals surface area contributed by atoms with Gasteiger partial charge >= 0.3 is 35.8 Å². The van der Waals surface area contributed by atoms with E-state index in [1.165, 1.54) is 0 Å². The van der Waals surface area contributed by atoms with Gasteiger partial charge < -0.3 is 0 Å². The number of carbonyl (C=O) groups is 6. The van der Waals surface area contributed by atoms with E-state index >= 15 is 0 Å². The fourth-order valence-electron chi connectivity index (χ4n) is 3.34. The molecular formula is C34H62O14. The second kappa shape index (κ2) is 28.7. The third kappa shape index (κ3) is 30.1. The highest BCUT2D eigenvalue weighted by Crippen LogP contribution is 2.27. The fraction of sp³-hybridized carbons (Fsp3) is 0.824. The summed E-state index contributed by atoms with van der Waals surface area (Å²) in [6, 6.07) is 0. The predicted octanol–water partition coefficient (Wildman–Crippen LogP) is 7.54. The number of carbonyl (C=O) groups excluding carboxylic acids is 6. The van der Waals surface area contributed by atoms with Crippen LogP contribution >= 0.6 is 0 Å². The maximum atomic E-state index is 12.2. The van der Waals surface area contributed by atoms with E-state index in [1.54, 1.807) is 13.8 Å². The largest absolute Gasteiger partial charge is 0.355 e. The molecular weight excluding hydrogens is 632 g/mol. The van der Waals surface area contributed by atoms with Gasteiger partial charge in [0, 0.05) is 26.7 Å². The van der Waals surface area contributed by atoms with Crippen molar-refractivity contribution >= 4 is 35.8 Å². The van der Waals surface area contributed by atoms with Gasteiger partial charge in [-0.25, -0.2) is 48.3 Å². The van der Waals surface area contributed by atoms with E-state index in [0.29, 0.717) is 12.8 Å². The highest BCUT2D eigenvalue weighted by atomic mass is 17.2. The van der Waals surface area contributed by atoms with E-state index < -0.39 is 35.1 Å². The van der Waals surface area contributed by atoms with Crippen LogP contribution in [-0.2, 0) is 67.9 Å². The molecule has 0 heterocycles. The Labute approximate surface area is 286 Å². The van der Waals surface area contributed by atoms with Crippen molar-refractivity contribution in [1.29, 1.82) is 0 Å². The molecule has 0 aliphatic rings. The fourth-order valence-corrected chi connectivity index (χ4v) is 3.34. The van der Waals surface area contributed by atoms with Crippen molar-refractivity contribution in [2.45, 2.75) is 171 Å². The van der Waals surface area contributed by atoms with Crippen LogP contribution in [0.5, 0.6) is 0 Å². The molecule has 14 nitrogen and oxygen atoms in total. The van der Waals surface area contributed by atoms with Crippen LogP contribution in [0.3, 0.4) is 0 Å². The van der Waals surface area contributed by atoms with Crippen molar-refractivity contribution in [2.75, 3.05) is 0 Å². The molecule has 0 aliphatic heterocycles. The van der Waals surface area contributed by atoms with Gasteiger partial charge in [0.05, 0.1) is 11.8 Å². The second-order valence-electron chi connectivity index (χ2n) is 12.3. The monoisotopic (exact) mass is 694 g/mol. The van der Waals surface area contributed by atoms with Gasteiger partial charge in [0.15, 0.2) is 0 Å². The second-order valence-corrected chi connectivity index (χ2v) is 12.3. The van der Waals surface area contributed by atoms with Crippen LogP contribution in [0.25, 0.3) is 0 Å². The van der Waals surface area contributed by atoms with Gasteiger partial charge in [-0.3, -0.25) is 9.78 Å². The molecule has 0 saturated carbocycles. The zero-order valence-corrected chi connectivity index (χ0v) is 31.4. The zero-order valence-electron chi connectivity index (χ0n) is 31.4. The minimum atomic E-state index is -0.670. The molecule has 0 aliphatic carbocycles. The molecule has 0 saturated heterocycles. The Balaban J connectivity index is -0.000000910. The summed E-state index contributed by atoms with van der Waals surface area (Å²) >= 11 is 0. The average Bonchev–Trinajstić information content (AvgIpc) is 3.04. The van der Waals surface area contributed by atoms with E-state index in [4.69, 9.17) is 19.6 Å². The molecule has 0 fully saturated rings. The summed E-state index contributed by atoms with van der Waals surface area (Å²) in [7, 11) is 0. The Morgan fingerprint density at radius 3 is 1.04 bits per heavy atom. The molecule has 14 heteroatoms. The lowest BCUT2D eigenvalue weighted by molar-refractivity contribution is -0.343. The van der Waals surface area contributed by atoms with Crippen LogP contribution in [0.2, 0.25) is 0 Å². The van der Waals surface area contributed by atoms with Crippen LogP contribution in [-0.4, -0.2) is 47.0 Å². The third-order valence-corrected chi connectivity index (χ3v) is 6.57. The molecule has 48 heavy (non-hydrogen) atoms. The highest BCUT2D eigenvalue weighted by Gasteiger charge is 2.31. The van der Waals surface area contributed by atoms with E-state index in [1.807, 2.05) is 41.5 Å². The first-order valence-corrected chi connectivity index (χ1v) is 16.9. The first kappa shape index (κ1) is 49.1. The van der Waals surface area contributed by atoms with Gasteiger partial charge in [0.2, 0.25) is 0 Å². The Morgan fingerprint density at radius 1 is 0.500 bits per heavy atom. The summed E-state index contributed by atoms with van der Waals surface area (Å²) in [5.74, 6) is -3.22. The van der Waals surface area contributed by atoms with Crippen molar-refractivity contribution < 1.29 is 67.9 Å². The van der Waals surface area contributed by atoms with Crippen molar-refractivity contribution in [1.82, 2.24) is 0 Å². The highest BCUT2D eigenvalue weighted by molar-refractivity contribution is 5.73. The van der Waals surface area contributed by atoms with Crippen LogP contribution in [0, 0.1) is 11.8 Å². The average molecular weight is 695 g/mol. The lowest BCUT2D eigenvalue weighted by Gasteiger charge is -2.29. The van der Waals surface area contributed by atoms with E-state index in [9.17, 15) is 28.8 Å². The molecule has 2 unspecified atom stereocenters. The maximum absolute atomic E-state index is 12.2. The molecule has 0 bridgehead atoms. The summed E-state index contributed by atoms with van der Waals surface area (Å²) in [6.45, 7) is 21.2. The van der Waals surface area contributed by atoms with Gasteiger partial charge in [-0.05, 0) is 66.2 Å². The quantitative estimate of drug-likeness (QED) is 0.0956. The smallest absolute Gasteiger partial charge is 0.298 e. The molecule has 2 atom stereocenters. The Hall–Kier alpha value is -3.26. The van der Waals surface area contributed by atoms with Gasteiger partial charge in [-0.1, -0.05) is 67.2 Å². The number of hydrogen-bond donors (Lipinski definition) is 0. The minimum absolute atomic E-state index is 0.126. The summed E-state index contributed by atoms with van der Waals surface area (Å²) in [4.78, 5) is 102. The Bertz CT molecular complexity index is 855. The third-order valence-electron chi connectivity index (χ3n) is 6.57. The van der Waals surface area contributed by atoms with Crippen molar-refractivity contribution in [3.8, 4) is 0 Å². The summed E-state index contributed by atoms with van der Waals surface area (Å²) in [5.41, 5.74) is -1.34.